The van der Waals surface area contributed by atoms with Crippen molar-refractivity contribution in [2.24, 2.45) is 11.7 Å². The molecule has 22 heavy (non-hydrogen) atoms. The molecular formula is C15H16F3NO3. The van der Waals surface area contributed by atoms with E-state index in [9.17, 15) is 18.0 Å². The Morgan fingerprint density at radius 2 is 2.09 bits per heavy atom. The smallest absolute Gasteiger partial charge is 0.416 e. The third kappa shape index (κ3) is 4.00. The van der Waals surface area contributed by atoms with E-state index in [4.69, 9.17) is 15.2 Å². The molecule has 0 bridgehead atoms. The van der Waals surface area contributed by atoms with Gasteiger partial charge in [-0.2, -0.15) is 13.2 Å². The lowest BCUT2D eigenvalue weighted by molar-refractivity contribution is -0.137. The van der Waals surface area contributed by atoms with Gasteiger partial charge in [-0.15, -0.1) is 0 Å². The van der Waals surface area contributed by atoms with Gasteiger partial charge in [0.1, 0.15) is 11.9 Å². The molecule has 0 spiro atoms. The molecule has 2 rings (SSSR count). The Hall–Kier alpha value is -2.02. The lowest BCUT2D eigenvalue weighted by Crippen LogP contribution is -2.36. The van der Waals surface area contributed by atoms with Crippen LogP contribution in [0.2, 0.25) is 0 Å². The van der Waals surface area contributed by atoms with Crippen molar-refractivity contribution in [1.29, 1.82) is 0 Å². The van der Waals surface area contributed by atoms with E-state index in [1.807, 2.05) is 0 Å². The quantitative estimate of drug-likeness (QED) is 0.869. The molecule has 1 heterocycles. The van der Waals surface area contributed by atoms with Crippen LogP contribution < -0.4 is 10.5 Å². The van der Waals surface area contributed by atoms with Crippen LogP contribution >= 0.6 is 0 Å². The van der Waals surface area contributed by atoms with Gasteiger partial charge in [-0.1, -0.05) is 12.6 Å². The zero-order valence-corrected chi connectivity index (χ0v) is 11.7. The second-order valence-electron chi connectivity index (χ2n) is 5.13. The van der Waals surface area contributed by atoms with Gasteiger partial charge in [0.05, 0.1) is 18.8 Å². The summed E-state index contributed by atoms with van der Waals surface area (Å²) in [6, 6.07) is 4.64. The minimum absolute atomic E-state index is 0.105. The summed E-state index contributed by atoms with van der Waals surface area (Å²) < 4.78 is 48.8. The fraction of sp³-hybridized carbons (Fsp3) is 0.400. The second kappa shape index (κ2) is 6.39. The zero-order valence-electron chi connectivity index (χ0n) is 11.7. The van der Waals surface area contributed by atoms with Gasteiger partial charge in [-0.05, 0) is 24.6 Å². The molecule has 0 saturated carbocycles. The SMILES string of the molecule is C=C(C(N)=O)C1COCC(Oc2cccc(C(F)(F)F)c2)C1. The third-order valence-corrected chi connectivity index (χ3v) is 3.44. The van der Waals surface area contributed by atoms with Gasteiger partial charge < -0.3 is 15.2 Å². The van der Waals surface area contributed by atoms with E-state index in [0.717, 1.165) is 12.1 Å². The van der Waals surface area contributed by atoms with Crippen LogP contribution in [0, 0.1) is 5.92 Å². The van der Waals surface area contributed by atoms with E-state index in [1.54, 1.807) is 0 Å². The summed E-state index contributed by atoms with van der Waals surface area (Å²) in [6.45, 7) is 4.14. The van der Waals surface area contributed by atoms with Gasteiger partial charge >= 0.3 is 6.18 Å². The van der Waals surface area contributed by atoms with Crippen molar-refractivity contribution in [1.82, 2.24) is 0 Å². The predicted molar refractivity (Wildman–Crippen MR) is 73.1 cm³/mol. The molecular weight excluding hydrogens is 299 g/mol. The van der Waals surface area contributed by atoms with Crippen LogP contribution in [0.3, 0.4) is 0 Å². The van der Waals surface area contributed by atoms with Crippen molar-refractivity contribution in [3.8, 4) is 5.75 Å². The standard InChI is InChI=1S/C15H16F3NO3/c1-9(14(19)20)10-5-13(8-21-7-10)22-12-4-2-3-11(6-12)15(16,17)18/h2-4,6,10,13H,1,5,7-8H2,(H2,19,20). The average Bonchev–Trinajstić information content (AvgIpc) is 2.46. The predicted octanol–water partition coefficient (Wildman–Crippen LogP) is 2.53. The molecule has 1 aromatic rings. The van der Waals surface area contributed by atoms with Crippen molar-refractivity contribution in [3.63, 3.8) is 0 Å². The minimum Gasteiger partial charge on any atom is -0.488 e. The fourth-order valence-electron chi connectivity index (χ4n) is 2.26. The first kappa shape index (κ1) is 16.4. The summed E-state index contributed by atoms with van der Waals surface area (Å²) >= 11 is 0. The number of amides is 1. The van der Waals surface area contributed by atoms with E-state index in [0.29, 0.717) is 13.0 Å². The van der Waals surface area contributed by atoms with Crippen molar-refractivity contribution in [2.45, 2.75) is 18.7 Å². The summed E-state index contributed by atoms with van der Waals surface area (Å²) in [5.74, 6) is -0.802. The van der Waals surface area contributed by atoms with Crippen molar-refractivity contribution in [2.75, 3.05) is 13.2 Å². The Bertz CT molecular complexity index is 571. The van der Waals surface area contributed by atoms with E-state index in [2.05, 4.69) is 6.58 Å². The number of carbonyl (C=O) groups is 1. The normalized spacial score (nSPS) is 22.1. The molecule has 2 atom stereocenters. The van der Waals surface area contributed by atoms with Gasteiger partial charge in [-0.3, -0.25) is 4.79 Å². The summed E-state index contributed by atoms with van der Waals surface area (Å²) in [7, 11) is 0. The van der Waals surface area contributed by atoms with Crippen LogP contribution in [0.25, 0.3) is 0 Å². The van der Waals surface area contributed by atoms with Gasteiger partial charge in [0, 0.05) is 11.5 Å². The number of nitrogens with two attached hydrogens (primary N) is 1. The van der Waals surface area contributed by atoms with Gasteiger partial charge in [0.2, 0.25) is 5.91 Å². The maximum absolute atomic E-state index is 12.7. The Morgan fingerprint density at radius 1 is 1.36 bits per heavy atom. The Balaban J connectivity index is 2.04. The Labute approximate surface area is 125 Å². The molecule has 120 valence electrons. The molecule has 7 heteroatoms. The Morgan fingerprint density at radius 3 is 2.73 bits per heavy atom. The number of hydrogen-bond acceptors (Lipinski definition) is 3. The molecule has 1 aliphatic heterocycles. The summed E-state index contributed by atoms with van der Waals surface area (Å²) in [6.07, 6.45) is -4.47. The highest BCUT2D eigenvalue weighted by atomic mass is 19.4. The number of ether oxygens (including phenoxy) is 2. The summed E-state index contributed by atoms with van der Waals surface area (Å²) in [5.41, 5.74) is 4.63. The summed E-state index contributed by atoms with van der Waals surface area (Å²) in [4.78, 5) is 11.1. The number of hydrogen-bond donors (Lipinski definition) is 1. The first-order valence-electron chi connectivity index (χ1n) is 6.67. The highest BCUT2D eigenvalue weighted by Crippen LogP contribution is 2.32. The van der Waals surface area contributed by atoms with E-state index in [1.165, 1.54) is 12.1 Å². The maximum Gasteiger partial charge on any atom is 0.416 e. The topological polar surface area (TPSA) is 61.6 Å². The van der Waals surface area contributed by atoms with Crippen molar-refractivity contribution >= 4 is 5.91 Å². The number of carbonyl (C=O) groups excluding carboxylic acids is 1. The fourth-order valence-corrected chi connectivity index (χ4v) is 2.26. The van der Waals surface area contributed by atoms with Crippen LogP contribution in [0.4, 0.5) is 13.2 Å². The zero-order chi connectivity index (χ0) is 16.3. The molecule has 1 amide bonds. The van der Waals surface area contributed by atoms with Crippen LogP contribution in [-0.2, 0) is 15.7 Å². The average molecular weight is 315 g/mol. The van der Waals surface area contributed by atoms with Crippen molar-refractivity contribution < 1.29 is 27.4 Å². The third-order valence-electron chi connectivity index (χ3n) is 3.44. The summed E-state index contributed by atoms with van der Waals surface area (Å²) in [5, 5.41) is 0. The highest BCUT2D eigenvalue weighted by Gasteiger charge is 2.31. The molecule has 1 aromatic carbocycles. The molecule has 0 aromatic heterocycles. The lowest BCUT2D eigenvalue weighted by atomic mass is 9.92. The first-order chi connectivity index (χ1) is 10.3. The van der Waals surface area contributed by atoms with Crippen LogP contribution in [0.5, 0.6) is 5.75 Å². The van der Waals surface area contributed by atoms with E-state index >= 15 is 0 Å². The van der Waals surface area contributed by atoms with E-state index < -0.39 is 23.8 Å². The van der Waals surface area contributed by atoms with E-state index in [-0.39, 0.29) is 23.8 Å². The molecule has 4 nitrogen and oxygen atoms in total. The minimum atomic E-state index is -4.43. The number of alkyl halides is 3. The largest absolute Gasteiger partial charge is 0.488 e. The number of benzene rings is 1. The molecule has 2 N–H and O–H groups in total. The van der Waals surface area contributed by atoms with Gasteiger partial charge in [0.25, 0.3) is 0 Å². The monoisotopic (exact) mass is 315 g/mol. The van der Waals surface area contributed by atoms with Crippen LogP contribution in [-0.4, -0.2) is 25.2 Å². The number of halogens is 3. The van der Waals surface area contributed by atoms with Crippen molar-refractivity contribution in [3.05, 3.63) is 42.0 Å². The second-order valence-corrected chi connectivity index (χ2v) is 5.13. The van der Waals surface area contributed by atoms with Crippen LogP contribution in [0.1, 0.15) is 12.0 Å². The molecule has 2 unspecified atom stereocenters. The van der Waals surface area contributed by atoms with Gasteiger partial charge in [-0.25, -0.2) is 0 Å². The molecule has 0 aliphatic carbocycles. The molecule has 1 fully saturated rings. The molecule has 1 saturated heterocycles. The van der Waals surface area contributed by atoms with Crippen LogP contribution in [0.15, 0.2) is 36.4 Å². The highest BCUT2D eigenvalue weighted by molar-refractivity contribution is 5.91. The molecule has 1 aliphatic rings. The number of primary amides is 1. The Kier molecular flexibility index (Phi) is 4.75. The maximum atomic E-state index is 12.7. The molecule has 0 radical (unpaired) electrons. The number of rotatable bonds is 4. The lowest BCUT2D eigenvalue weighted by Gasteiger charge is -2.30. The first-order valence-corrected chi connectivity index (χ1v) is 6.67. The van der Waals surface area contributed by atoms with Gasteiger partial charge in [0.15, 0.2) is 0 Å².